The van der Waals surface area contributed by atoms with E-state index in [9.17, 15) is 56.9 Å². The van der Waals surface area contributed by atoms with E-state index in [0.717, 1.165) is 0 Å². The highest BCUT2D eigenvalue weighted by atomic mass is 31.2. The van der Waals surface area contributed by atoms with Gasteiger partial charge in [0.25, 0.3) is 0 Å². The molecule has 0 aromatic carbocycles. The number of halogens is 13. The van der Waals surface area contributed by atoms with Crippen LogP contribution in [0.5, 0.6) is 0 Å². The molecule has 0 unspecified atom stereocenters. The van der Waals surface area contributed by atoms with Crippen molar-refractivity contribution in [3.63, 3.8) is 0 Å². The van der Waals surface area contributed by atoms with Crippen molar-refractivity contribution in [1.82, 2.24) is 0 Å². The summed E-state index contributed by atoms with van der Waals surface area (Å²) in [6.45, 7) is 0. The van der Waals surface area contributed by atoms with Crippen LogP contribution in [0, 0.1) is 0 Å². The third kappa shape index (κ3) is 2.23. The van der Waals surface area contributed by atoms with Crippen LogP contribution in [-0.4, -0.2) is 35.9 Å². The van der Waals surface area contributed by atoms with Crippen molar-refractivity contribution in [3.05, 3.63) is 0 Å². The molecular formula is C6F13O2P. The number of hydrogen-bond donors (Lipinski definition) is 0. The van der Waals surface area contributed by atoms with Crippen molar-refractivity contribution in [2.45, 2.75) is 35.9 Å². The molecule has 0 radical (unpaired) electrons. The molecule has 0 spiro atoms. The number of hydrogen-bond acceptors (Lipinski definition) is 2. The molecule has 1 heterocycles. The Hall–Kier alpha value is -0.560. The summed E-state index contributed by atoms with van der Waals surface area (Å²) in [5, 5.41) is 0. The summed E-state index contributed by atoms with van der Waals surface area (Å²) < 4.78 is 168. The Morgan fingerprint density at radius 1 is 0.500 bits per heavy atom. The molecule has 0 aromatic heterocycles. The van der Waals surface area contributed by atoms with Crippen LogP contribution in [-0.2, 0) is 9.05 Å². The van der Waals surface area contributed by atoms with E-state index in [1.807, 2.05) is 0 Å². The molecule has 0 amide bonds. The molecule has 1 aliphatic heterocycles. The quantitative estimate of drug-likeness (QED) is 0.436. The van der Waals surface area contributed by atoms with Gasteiger partial charge in [-0.25, -0.2) is 0 Å². The molecule has 0 atom stereocenters. The number of alkyl halides is 12. The highest BCUT2D eigenvalue weighted by molar-refractivity contribution is 7.41. The lowest BCUT2D eigenvalue weighted by atomic mass is 9.79. The molecule has 1 saturated heterocycles. The average Bonchev–Trinajstić information content (AvgIpc) is 2.49. The van der Waals surface area contributed by atoms with Crippen LogP contribution >= 0.6 is 8.69 Å². The first kappa shape index (κ1) is 19.5. The molecule has 0 saturated carbocycles. The molecule has 0 aliphatic carbocycles. The van der Waals surface area contributed by atoms with Crippen molar-refractivity contribution in [2.75, 3.05) is 0 Å². The van der Waals surface area contributed by atoms with Gasteiger partial charge in [0.05, 0.1) is 0 Å². The van der Waals surface area contributed by atoms with Gasteiger partial charge >= 0.3 is 44.6 Å². The lowest BCUT2D eigenvalue weighted by Crippen LogP contribution is -2.79. The van der Waals surface area contributed by atoms with Gasteiger partial charge in [0.15, 0.2) is 0 Å². The minimum Gasteiger partial charge on any atom is -0.280 e. The lowest BCUT2D eigenvalue weighted by Gasteiger charge is -2.44. The zero-order valence-corrected chi connectivity index (χ0v) is 10.1. The molecule has 22 heavy (non-hydrogen) atoms. The molecule has 1 fully saturated rings. The summed E-state index contributed by atoms with van der Waals surface area (Å²) in [6, 6.07) is 0. The Bertz CT molecular complexity index is 362. The van der Waals surface area contributed by atoms with E-state index in [1.54, 1.807) is 0 Å². The summed E-state index contributed by atoms with van der Waals surface area (Å²) in [4.78, 5) is 0. The van der Waals surface area contributed by atoms with Crippen molar-refractivity contribution in [3.8, 4) is 0 Å². The van der Waals surface area contributed by atoms with Crippen LogP contribution in [0.25, 0.3) is 0 Å². The van der Waals surface area contributed by atoms with Gasteiger partial charge in [0.2, 0.25) is 0 Å². The largest absolute Gasteiger partial charge is 0.430 e. The van der Waals surface area contributed by atoms with Gasteiger partial charge in [-0.15, -0.1) is 0 Å². The molecule has 2 nitrogen and oxygen atoms in total. The van der Waals surface area contributed by atoms with Crippen LogP contribution in [0.3, 0.4) is 0 Å². The van der Waals surface area contributed by atoms with Gasteiger partial charge in [-0.3, -0.25) is 9.05 Å². The molecule has 0 bridgehead atoms. The van der Waals surface area contributed by atoms with Gasteiger partial charge < -0.3 is 0 Å². The van der Waals surface area contributed by atoms with Crippen molar-refractivity contribution in [2.24, 2.45) is 0 Å². The minimum absolute atomic E-state index is 2.43. The summed E-state index contributed by atoms with van der Waals surface area (Å²) in [7, 11) is -5.28. The number of rotatable bonds is 0. The smallest absolute Gasteiger partial charge is 0.280 e. The zero-order valence-electron chi connectivity index (χ0n) is 9.18. The Morgan fingerprint density at radius 3 is 0.818 bits per heavy atom. The van der Waals surface area contributed by atoms with Gasteiger partial charge in [-0.1, -0.05) is 0 Å². The highest BCUT2D eigenvalue weighted by Crippen LogP contribution is 2.74. The van der Waals surface area contributed by atoms with Gasteiger partial charge in [-0.2, -0.15) is 56.9 Å². The molecule has 132 valence electrons. The topological polar surface area (TPSA) is 18.5 Å². The molecule has 16 heteroatoms. The molecule has 0 N–H and O–H groups in total. The average molecular weight is 382 g/mol. The predicted molar refractivity (Wildman–Crippen MR) is 39.9 cm³/mol. The standard InChI is InChI=1S/C6F13O2P/c7-3(8,9)1(4(10,11)12)2(5(13,14)15,6(16,17)18)21-22(19)20-1. The Labute approximate surface area is 112 Å². The van der Waals surface area contributed by atoms with Crippen LogP contribution < -0.4 is 0 Å². The van der Waals surface area contributed by atoms with Crippen molar-refractivity contribution >= 4 is 8.69 Å². The fraction of sp³-hybridized carbons (Fsp3) is 1.00. The fourth-order valence-electron chi connectivity index (χ4n) is 1.69. The van der Waals surface area contributed by atoms with Gasteiger partial charge in [-0.05, 0) is 0 Å². The third-order valence-electron chi connectivity index (χ3n) is 2.51. The first-order chi connectivity index (χ1) is 9.35. The van der Waals surface area contributed by atoms with E-state index in [0.29, 0.717) is 0 Å². The van der Waals surface area contributed by atoms with Crippen LogP contribution in [0.4, 0.5) is 56.9 Å². The normalized spacial score (nSPS) is 23.9. The minimum atomic E-state index is -7.35. The predicted octanol–water partition coefficient (Wildman–Crippen LogP) is 4.96. The monoisotopic (exact) mass is 382 g/mol. The van der Waals surface area contributed by atoms with Crippen LogP contribution in [0.2, 0.25) is 0 Å². The molecule has 1 aliphatic rings. The van der Waals surface area contributed by atoms with E-state index in [4.69, 9.17) is 0 Å². The Balaban J connectivity index is 3.95. The SMILES string of the molecule is FP1OC(C(F)(F)F)(C(F)(F)F)C(C(F)(F)F)(C(F)(F)F)O1. The zero-order chi connectivity index (χ0) is 18.0. The fourth-order valence-corrected chi connectivity index (χ4v) is 2.83. The molecule has 1 rings (SSSR count). The van der Waals surface area contributed by atoms with Crippen LogP contribution in [0.1, 0.15) is 0 Å². The first-order valence-corrected chi connectivity index (χ1v) is 5.53. The highest BCUT2D eigenvalue weighted by Gasteiger charge is 2.99. The summed E-state index contributed by atoms with van der Waals surface area (Å²) in [5.74, 6) is 0. The van der Waals surface area contributed by atoms with E-state index in [2.05, 4.69) is 9.05 Å². The Morgan fingerprint density at radius 2 is 0.682 bits per heavy atom. The van der Waals surface area contributed by atoms with E-state index >= 15 is 0 Å². The van der Waals surface area contributed by atoms with Crippen molar-refractivity contribution in [1.29, 1.82) is 0 Å². The van der Waals surface area contributed by atoms with E-state index in [1.165, 1.54) is 0 Å². The van der Waals surface area contributed by atoms with Crippen molar-refractivity contribution < 1.29 is 65.9 Å². The Kier molecular flexibility index (Phi) is 4.18. The molecule has 0 aromatic rings. The second kappa shape index (κ2) is 4.72. The van der Waals surface area contributed by atoms with E-state index in [-0.39, 0.29) is 0 Å². The first-order valence-electron chi connectivity index (χ1n) is 4.46. The maximum absolute atomic E-state index is 12.7. The third-order valence-corrected chi connectivity index (χ3v) is 3.34. The van der Waals surface area contributed by atoms with Crippen LogP contribution in [0.15, 0.2) is 0 Å². The second-order valence-electron chi connectivity index (χ2n) is 3.75. The van der Waals surface area contributed by atoms with Gasteiger partial charge in [0.1, 0.15) is 0 Å². The van der Waals surface area contributed by atoms with E-state index < -0.39 is 44.6 Å². The lowest BCUT2D eigenvalue weighted by molar-refractivity contribution is -0.464. The summed E-state index contributed by atoms with van der Waals surface area (Å²) in [6.07, 6.45) is -29.4. The second-order valence-corrected chi connectivity index (χ2v) is 4.54. The maximum Gasteiger partial charge on any atom is 0.430 e. The van der Waals surface area contributed by atoms with Gasteiger partial charge in [0, 0.05) is 0 Å². The maximum atomic E-state index is 12.7. The summed E-state index contributed by atoms with van der Waals surface area (Å²) in [5.41, 5.74) is -14.0. The summed E-state index contributed by atoms with van der Waals surface area (Å²) >= 11 is 0. The molecular weight excluding hydrogens is 382 g/mol.